The van der Waals surface area contributed by atoms with Gasteiger partial charge in [-0.2, -0.15) is 0 Å². The molecule has 1 aromatic carbocycles. The third-order valence-corrected chi connectivity index (χ3v) is 2.87. The standard InChI is InChI=1S/C14H18N2O/c1-9(2)11-4-6-12(7-5-11)14-10(3)17-13(8-15)16-14/h4-7,9H,8,15H2,1-3H3. The molecule has 2 N–H and O–H groups in total. The number of nitrogens with two attached hydrogens (primary N) is 1. The molecule has 0 radical (unpaired) electrons. The van der Waals surface area contributed by atoms with Crippen LogP contribution in [0.4, 0.5) is 0 Å². The zero-order valence-electron chi connectivity index (χ0n) is 10.5. The van der Waals surface area contributed by atoms with E-state index in [2.05, 4.69) is 43.1 Å². The number of hydrogen-bond donors (Lipinski definition) is 1. The Bertz CT molecular complexity index is 497. The fourth-order valence-electron chi connectivity index (χ4n) is 1.83. The minimum absolute atomic E-state index is 0.338. The van der Waals surface area contributed by atoms with Gasteiger partial charge in [-0.25, -0.2) is 4.98 Å². The second-order valence-electron chi connectivity index (χ2n) is 4.49. The van der Waals surface area contributed by atoms with E-state index in [-0.39, 0.29) is 0 Å². The Balaban J connectivity index is 2.36. The molecule has 1 aromatic heterocycles. The number of benzene rings is 1. The zero-order chi connectivity index (χ0) is 12.4. The molecule has 0 aliphatic rings. The summed E-state index contributed by atoms with van der Waals surface area (Å²) in [6.45, 7) is 6.62. The molecule has 0 fully saturated rings. The molecule has 0 atom stereocenters. The lowest BCUT2D eigenvalue weighted by Gasteiger charge is -2.05. The van der Waals surface area contributed by atoms with E-state index < -0.39 is 0 Å². The molecule has 90 valence electrons. The van der Waals surface area contributed by atoms with Crippen molar-refractivity contribution in [2.45, 2.75) is 33.2 Å². The summed E-state index contributed by atoms with van der Waals surface area (Å²) in [5, 5.41) is 0. The predicted molar refractivity (Wildman–Crippen MR) is 68.7 cm³/mol. The molecule has 0 saturated carbocycles. The smallest absolute Gasteiger partial charge is 0.208 e. The van der Waals surface area contributed by atoms with E-state index in [0.29, 0.717) is 18.4 Å². The molecule has 0 bridgehead atoms. The number of nitrogens with zero attached hydrogens (tertiary/aromatic N) is 1. The fraction of sp³-hybridized carbons (Fsp3) is 0.357. The van der Waals surface area contributed by atoms with Gasteiger partial charge in [-0.05, 0) is 18.4 Å². The molecular formula is C14H18N2O. The molecule has 3 nitrogen and oxygen atoms in total. The largest absolute Gasteiger partial charge is 0.444 e. The van der Waals surface area contributed by atoms with Crippen LogP contribution in [0, 0.1) is 6.92 Å². The topological polar surface area (TPSA) is 52.0 Å². The van der Waals surface area contributed by atoms with Gasteiger partial charge < -0.3 is 10.2 Å². The average Bonchev–Trinajstić information content (AvgIpc) is 2.71. The van der Waals surface area contributed by atoms with Crippen molar-refractivity contribution in [1.82, 2.24) is 4.98 Å². The molecule has 3 heteroatoms. The summed E-state index contributed by atoms with van der Waals surface area (Å²) in [4.78, 5) is 4.38. The van der Waals surface area contributed by atoms with Crippen LogP contribution in [-0.4, -0.2) is 4.98 Å². The van der Waals surface area contributed by atoms with Gasteiger partial charge in [0.05, 0.1) is 6.54 Å². The Labute approximate surface area is 102 Å². The van der Waals surface area contributed by atoms with Gasteiger partial charge in [0.25, 0.3) is 0 Å². The van der Waals surface area contributed by atoms with Gasteiger partial charge in [-0.15, -0.1) is 0 Å². The van der Waals surface area contributed by atoms with Gasteiger partial charge in [-0.1, -0.05) is 38.1 Å². The van der Waals surface area contributed by atoms with Gasteiger partial charge in [0.1, 0.15) is 11.5 Å². The van der Waals surface area contributed by atoms with Crippen molar-refractivity contribution in [3.63, 3.8) is 0 Å². The van der Waals surface area contributed by atoms with E-state index in [1.54, 1.807) is 0 Å². The predicted octanol–water partition coefficient (Wildman–Crippen LogP) is 3.23. The zero-order valence-corrected chi connectivity index (χ0v) is 10.5. The number of rotatable bonds is 3. The van der Waals surface area contributed by atoms with Crippen LogP contribution < -0.4 is 5.73 Å². The van der Waals surface area contributed by atoms with Crippen LogP contribution in [0.25, 0.3) is 11.3 Å². The summed E-state index contributed by atoms with van der Waals surface area (Å²) >= 11 is 0. The van der Waals surface area contributed by atoms with Gasteiger partial charge in [0, 0.05) is 5.56 Å². The van der Waals surface area contributed by atoms with Gasteiger partial charge in [0.15, 0.2) is 0 Å². The first-order valence-electron chi connectivity index (χ1n) is 5.88. The van der Waals surface area contributed by atoms with Crippen LogP contribution in [0.1, 0.15) is 37.0 Å². The quantitative estimate of drug-likeness (QED) is 0.880. The van der Waals surface area contributed by atoms with Crippen molar-refractivity contribution >= 4 is 0 Å². The maximum Gasteiger partial charge on any atom is 0.208 e. The van der Waals surface area contributed by atoms with Crippen LogP contribution in [0.2, 0.25) is 0 Å². The SMILES string of the molecule is Cc1oc(CN)nc1-c1ccc(C(C)C)cc1. The lowest BCUT2D eigenvalue weighted by atomic mass is 10.0. The number of oxazole rings is 1. The molecule has 0 saturated heterocycles. The molecule has 0 aliphatic carbocycles. The monoisotopic (exact) mass is 230 g/mol. The third kappa shape index (κ3) is 2.39. The van der Waals surface area contributed by atoms with E-state index in [1.807, 2.05) is 6.92 Å². The normalized spacial score (nSPS) is 11.1. The fourth-order valence-corrected chi connectivity index (χ4v) is 1.83. The summed E-state index contributed by atoms with van der Waals surface area (Å²) in [6, 6.07) is 8.44. The van der Waals surface area contributed by atoms with E-state index in [9.17, 15) is 0 Å². The second kappa shape index (κ2) is 4.72. The van der Waals surface area contributed by atoms with Crippen LogP contribution in [0.5, 0.6) is 0 Å². The van der Waals surface area contributed by atoms with Crippen molar-refractivity contribution in [2.75, 3.05) is 0 Å². The molecule has 0 unspecified atom stereocenters. The summed E-state index contributed by atoms with van der Waals surface area (Å²) in [6.07, 6.45) is 0. The second-order valence-corrected chi connectivity index (χ2v) is 4.49. The maximum atomic E-state index is 5.52. The summed E-state index contributed by atoms with van der Waals surface area (Å²) in [5.74, 6) is 1.95. The minimum atomic E-state index is 0.338. The van der Waals surface area contributed by atoms with Crippen molar-refractivity contribution in [3.8, 4) is 11.3 Å². The highest BCUT2D eigenvalue weighted by atomic mass is 16.4. The first kappa shape index (κ1) is 11.9. The van der Waals surface area contributed by atoms with Crippen molar-refractivity contribution < 1.29 is 4.42 Å². The van der Waals surface area contributed by atoms with Gasteiger partial charge in [-0.3, -0.25) is 0 Å². The average molecular weight is 230 g/mol. The van der Waals surface area contributed by atoms with Crippen LogP contribution in [0.3, 0.4) is 0 Å². The summed E-state index contributed by atoms with van der Waals surface area (Å²) in [7, 11) is 0. The van der Waals surface area contributed by atoms with Gasteiger partial charge in [0.2, 0.25) is 5.89 Å². The number of aryl methyl sites for hydroxylation is 1. The van der Waals surface area contributed by atoms with Gasteiger partial charge >= 0.3 is 0 Å². The summed E-state index contributed by atoms with van der Waals surface area (Å²) in [5.41, 5.74) is 8.81. The Morgan fingerprint density at radius 3 is 2.35 bits per heavy atom. The lowest BCUT2D eigenvalue weighted by molar-refractivity contribution is 0.474. The Hall–Kier alpha value is -1.61. The molecule has 1 heterocycles. The molecule has 0 spiro atoms. The highest BCUT2D eigenvalue weighted by Crippen LogP contribution is 2.25. The van der Waals surface area contributed by atoms with Crippen molar-refractivity contribution in [2.24, 2.45) is 5.73 Å². The lowest BCUT2D eigenvalue weighted by Crippen LogP contribution is -1.95. The minimum Gasteiger partial charge on any atom is -0.444 e. The molecule has 0 amide bonds. The third-order valence-electron chi connectivity index (χ3n) is 2.87. The number of hydrogen-bond acceptors (Lipinski definition) is 3. The first-order valence-corrected chi connectivity index (χ1v) is 5.88. The molecular weight excluding hydrogens is 212 g/mol. The van der Waals surface area contributed by atoms with E-state index in [1.165, 1.54) is 5.56 Å². The van der Waals surface area contributed by atoms with E-state index in [4.69, 9.17) is 10.2 Å². The Kier molecular flexibility index (Phi) is 3.29. The van der Waals surface area contributed by atoms with Crippen LogP contribution in [0.15, 0.2) is 28.7 Å². The highest BCUT2D eigenvalue weighted by Gasteiger charge is 2.10. The first-order chi connectivity index (χ1) is 8.11. The van der Waals surface area contributed by atoms with Crippen molar-refractivity contribution in [3.05, 3.63) is 41.5 Å². The highest BCUT2D eigenvalue weighted by molar-refractivity contribution is 5.61. The number of aromatic nitrogens is 1. The summed E-state index contributed by atoms with van der Waals surface area (Å²) < 4.78 is 5.46. The van der Waals surface area contributed by atoms with E-state index >= 15 is 0 Å². The van der Waals surface area contributed by atoms with E-state index in [0.717, 1.165) is 17.0 Å². The molecule has 2 aromatic rings. The molecule has 17 heavy (non-hydrogen) atoms. The molecule has 0 aliphatic heterocycles. The Morgan fingerprint density at radius 1 is 1.24 bits per heavy atom. The van der Waals surface area contributed by atoms with Crippen LogP contribution >= 0.6 is 0 Å². The van der Waals surface area contributed by atoms with Crippen molar-refractivity contribution in [1.29, 1.82) is 0 Å². The van der Waals surface area contributed by atoms with Crippen LogP contribution in [-0.2, 0) is 6.54 Å². The molecule has 2 rings (SSSR count). The Morgan fingerprint density at radius 2 is 1.88 bits per heavy atom. The maximum absolute atomic E-state index is 5.52.